The van der Waals surface area contributed by atoms with Crippen LogP contribution < -0.4 is 0 Å². The fraction of sp³-hybridized carbons (Fsp3) is 0.500. The van der Waals surface area contributed by atoms with E-state index in [-0.39, 0.29) is 0 Å². The van der Waals surface area contributed by atoms with Gasteiger partial charge in [-0.05, 0) is 43.0 Å². The lowest BCUT2D eigenvalue weighted by atomic mass is 9.94. The van der Waals surface area contributed by atoms with Crippen LogP contribution in [-0.4, -0.2) is 23.0 Å². The molecule has 20 heavy (non-hydrogen) atoms. The SMILES string of the molecule is CC(C)CN1CCCC[C@H]1c1cnc2ccccc2c1. The highest BCUT2D eigenvalue weighted by atomic mass is 15.2. The maximum absolute atomic E-state index is 4.64. The van der Waals surface area contributed by atoms with Crippen LogP contribution in [0, 0.1) is 5.92 Å². The molecule has 3 rings (SSSR count). The molecule has 0 aliphatic carbocycles. The Morgan fingerprint density at radius 2 is 2.10 bits per heavy atom. The van der Waals surface area contributed by atoms with E-state index >= 15 is 0 Å². The van der Waals surface area contributed by atoms with Gasteiger partial charge < -0.3 is 0 Å². The van der Waals surface area contributed by atoms with Gasteiger partial charge in [-0.2, -0.15) is 0 Å². The van der Waals surface area contributed by atoms with Crippen LogP contribution in [0.25, 0.3) is 10.9 Å². The number of para-hydroxylation sites is 1. The average Bonchev–Trinajstić information content (AvgIpc) is 2.47. The van der Waals surface area contributed by atoms with Crippen molar-refractivity contribution in [3.8, 4) is 0 Å². The van der Waals surface area contributed by atoms with E-state index in [9.17, 15) is 0 Å². The van der Waals surface area contributed by atoms with Crippen molar-refractivity contribution < 1.29 is 0 Å². The van der Waals surface area contributed by atoms with E-state index in [0.29, 0.717) is 6.04 Å². The standard InChI is InChI=1S/C18H24N2/c1-14(2)13-20-10-6-5-9-18(20)16-11-15-7-3-4-8-17(15)19-12-16/h3-4,7-8,11-12,14,18H,5-6,9-10,13H2,1-2H3/t18-/m0/s1. The molecular formula is C18H24N2. The maximum atomic E-state index is 4.64. The molecule has 2 heterocycles. The summed E-state index contributed by atoms with van der Waals surface area (Å²) in [6.45, 7) is 7.04. The molecule has 1 aliphatic heterocycles. The fourth-order valence-corrected chi connectivity index (χ4v) is 3.33. The van der Waals surface area contributed by atoms with Gasteiger partial charge in [-0.15, -0.1) is 0 Å². The molecule has 0 spiro atoms. The molecule has 0 N–H and O–H groups in total. The van der Waals surface area contributed by atoms with Gasteiger partial charge in [0.15, 0.2) is 0 Å². The smallest absolute Gasteiger partial charge is 0.0702 e. The molecule has 2 aromatic rings. The number of hydrogen-bond acceptors (Lipinski definition) is 2. The van der Waals surface area contributed by atoms with Crippen molar-refractivity contribution in [3.05, 3.63) is 42.1 Å². The zero-order valence-corrected chi connectivity index (χ0v) is 12.5. The van der Waals surface area contributed by atoms with Gasteiger partial charge in [0.1, 0.15) is 0 Å². The third-order valence-corrected chi connectivity index (χ3v) is 4.21. The summed E-state index contributed by atoms with van der Waals surface area (Å²) in [7, 11) is 0. The third kappa shape index (κ3) is 2.85. The molecule has 1 saturated heterocycles. The Labute approximate surface area is 121 Å². The van der Waals surface area contributed by atoms with E-state index < -0.39 is 0 Å². The molecule has 106 valence electrons. The second-order valence-electron chi connectivity index (χ2n) is 6.36. The van der Waals surface area contributed by atoms with Crippen molar-refractivity contribution in [1.82, 2.24) is 9.88 Å². The largest absolute Gasteiger partial charge is 0.296 e. The Kier molecular flexibility index (Phi) is 4.02. The van der Waals surface area contributed by atoms with Crippen LogP contribution >= 0.6 is 0 Å². The Hall–Kier alpha value is -1.41. The Morgan fingerprint density at radius 3 is 2.95 bits per heavy atom. The van der Waals surface area contributed by atoms with Gasteiger partial charge in [0.2, 0.25) is 0 Å². The molecule has 1 atom stereocenters. The van der Waals surface area contributed by atoms with Gasteiger partial charge in [-0.25, -0.2) is 0 Å². The molecule has 0 bridgehead atoms. The van der Waals surface area contributed by atoms with E-state index in [2.05, 4.69) is 60.3 Å². The Morgan fingerprint density at radius 1 is 1.25 bits per heavy atom. The first-order chi connectivity index (χ1) is 9.74. The minimum atomic E-state index is 0.559. The fourth-order valence-electron chi connectivity index (χ4n) is 3.33. The number of pyridine rings is 1. The van der Waals surface area contributed by atoms with E-state index in [1.165, 1.54) is 43.3 Å². The highest BCUT2D eigenvalue weighted by Crippen LogP contribution is 2.32. The number of benzene rings is 1. The summed E-state index contributed by atoms with van der Waals surface area (Å²) in [6.07, 6.45) is 6.04. The molecule has 2 nitrogen and oxygen atoms in total. The van der Waals surface area contributed by atoms with Gasteiger partial charge in [0.05, 0.1) is 5.52 Å². The third-order valence-electron chi connectivity index (χ3n) is 4.21. The second-order valence-corrected chi connectivity index (χ2v) is 6.36. The van der Waals surface area contributed by atoms with Crippen LogP contribution in [0.15, 0.2) is 36.5 Å². The summed E-state index contributed by atoms with van der Waals surface area (Å²) < 4.78 is 0. The van der Waals surface area contributed by atoms with Gasteiger partial charge in [0.25, 0.3) is 0 Å². The van der Waals surface area contributed by atoms with Crippen molar-refractivity contribution in [2.45, 2.75) is 39.2 Å². The van der Waals surface area contributed by atoms with Gasteiger partial charge in [0, 0.05) is 24.2 Å². The highest BCUT2D eigenvalue weighted by molar-refractivity contribution is 5.78. The number of piperidine rings is 1. The molecule has 0 radical (unpaired) electrons. The number of aromatic nitrogens is 1. The minimum absolute atomic E-state index is 0.559. The van der Waals surface area contributed by atoms with Crippen LogP contribution in [0.2, 0.25) is 0 Å². The van der Waals surface area contributed by atoms with Crippen LogP contribution in [-0.2, 0) is 0 Å². The highest BCUT2D eigenvalue weighted by Gasteiger charge is 2.24. The van der Waals surface area contributed by atoms with Gasteiger partial charge >= 0.3 is 0 Å². The molecule has 0 unspecified atom stereocenters. The zero-order chi connectivity index (χ0) is 13.9. The van der Waals surface area contributed by atoms with Gasteiger partial charge in [-0.1, -0.05) is 38.5 Å². The number of fused-ring (bicyclic) bond motifs is 1. The minimum Gasteiger partial charge on any atom is -0.296 e. The molecule has 2 heteroatoms. The molecule has 1 aliphatic rings. The molecule has 0 saturated carbocycles. The van der Waals surface area contributed by atoms with Crippen molar-refractivity contribution in [2.24, 2.45) is 5.92 Å². The van der Waals surface area contributed by atoms with Crippen LogP contribution in [0.1, 0.15) is 44.7 Å². The molecule has 0 amide bonds. The maximum Gasteiger partial charge on any atom is 0.0702 e. The summed E-state index contributed by atoms with van der Waals surface area (Å²) in [5, 5.41) is 1.26. The summed E-state index contributed by atoms with van der Waals surface area (Å²) >= 11 is 0. The van der Waals surface area contributed by atoms with Crippen LogP contribution in [0.5, 0.6) is 0 Å². The normalized spacial score (nSPS) is 20.6. The van der Waals surface area contributed by atoms with Crippen molar-refractivity contribution in [2.75, 3.05) is 13.1 Å². The summed E-state index contributed by atoms with van der Waals surface area (Å²) in [5.74, 6) is 0.726. The van der Waals surface area contributed by atoms with Crippen molar-refractivity contribution >= 4 is 10.9 Å². The number of hydrogen-bond donors (Lipinski definition) is 0. The summed E-state index contributed by atoms with van der Waals surface area (Å²) in [6, 6.07) is 11.3. The molecular weight excluding hydrogens is 244 g/mol. The lowest BCUT2D eigenvalue weighted by molar-refractivity contribution is 0.132. The van der Waals surface area contributed by atoms with E-state index in [1.54, 1.807) is 0 Å². The lowest BCUT2D eigenvalue weighted by Crippen LogP contribution is -2.36. The Bertz CT molecular complexity index is 576. The number of rotatable bonds is 3. The van der Waals surface area contributed by atoms with E-state index in [4.69, 9.17) is 0 Å². The summed E-state index contributed by atoms with van der Waals surface area (Å²) in [5.41, 5.74) is 2.49. The van der Waals surface area contributed by atoms with Crippen LogP contribution in [0.3, 0.4) is 0 Å². The molecule has 1 aromatic carbocycles. The van der Waals surface area contributed by atoms with Crippen molar-refractivity contribution in [1.29, 1.82) is 0 Å². The lowest BCUT2D eigenvalue weighted by Gasteiger charge is -2.37. The van der Waals surface area contributed by atoms with E-state index in [0.717, 1.165) is 11.4 Å². The first-order valence-corrected chi connectivity index (χ1v) is 7.83. The van der Waals surface area contributed by atoms with E-state index in [1.807, 2.05) is 0 Å². The first kappa shape index (κ1) is 13.6. The zero-order valence-electron chi connectivity index (χ0n) is 12.5. The monoisotopic (exact) mass is 268 g/mol. The predicted octanol–water partition coefficient (Wildman–Crippen LogP) is 4.42. The first-order valence-electron chi connectivity index (χ1n) is 7.83. The van der Waals surface area contributed by atoms with Gasteiger partial charge in [-0.3, -0.25) is 9.88 Å². The Balaban J connectivity index is 1.90. The van der Waals surface area contributed by atoms with Crippen molar-refractivity contribution in [3.63, 3.8) is 0 Å². The van der Waals surface area contributed by atoms with Crippen LogP contribution in [0.4, 0.5) is 0 Å². The predicted molar refractivity (Wildman–Crippen MR) is 84.7 cm³/mol. The number of likely N-dealkylation sites (tertiary alicyclic amines) is 1. The number of nitrogens with zero attached hydrogens (tertiary/aromatic N) is 2. The average molecular weight is 268 g/mol. The molecule has 1 aromatic heterocycles. The molecule has 1 fully saturated rings. The quantitative estimate of drug-likeness (QED) is 0.819. The topological polar surface area (TPSA) is 16.1 Å². The second kappa shape index (κ2) is 5.92. The summed E-state index contributed by atoms with van der Waals surface area (Å²) in [4.78, 5) is 7.30.